The summed E-state index contributed by atoms with van der Waals surface area (Å²) >= 11 is 0. The number of ether oxygens (including phenoxy) is 2. The second-order valence-corrected chi connectivity index (χ2v) is 10.8. The van der Waals surface area contributed by atoms with E-state index in [1.807, 2.05) is 0 Å². The van der Waals surface area contributed by atoms with Crippen LogP contribution >= 0.6 is 0 Å². The Morgan fingerprint density at radius 2 is 1.61 bits per heavy atom. The summed E-state index contributed by atoms with van der Waals surface area (Å²) in [5.41, 5.74) is -2.67. The second kappa shape index (κ2) is 14.2. The quantitative estimate of drug-likeness (QED) is 0.147. The van der Waals surface area contributed by atoms with Gasteiger partial charge in [0, 0.05) is 32.6 Å². The molecule has 3 N–H and O–H groups in total. The number of Topliss-reactive ketones (excluding diaryl/α,β-unsaturated/α-hetero) is 1. The van der Waals surface area contributed by atoms with E-state index in [0.717, 1.165) is 39.5 Å². The van der Waals surface area contributed by atoms with Crippen LogP contribution in [0.3, 0.4) is 0 Å². The number of carboxylic acids is 2. The molecule has 214 valence electrons. The van der Waals surface area contributed by atoms with Gasteiger partial charge in [0.2, 0.25) is 0 Å². The number of esters is 2. The van der Waals surface area contributed by atoms with E-state index < -0.39 is 48.1 Å². The van der Waals surface area contributed by atoms with Crippen LogP contribution in [0.25, 0.3) is 0 Å². The lowest BCUT2D eigenvalue weighted by molar-refractivity contribution is -0.288. The van der Waals surface area contributed by atoms with Crippen molar-refractivity contribution in [3.05, 3.63) is 24.3 Å². The summed E-state index contributed by atoms with van der Waals surface area (Å²) in [7, 11) is 0. The van der Waals surface area contributed by atoms with Crippen molar-refractivity contribution in [2.24, 2.45) is 17.3 Å². The highest BCUT2D eigenvalue weighted by molar-refractivity contribution is 5.86. The summed E-state index contributed by atoms with van der Waals surface area (Å²) in [5.74, 6) is -9.52. The number of hydrogen-bond donors (Lipinski definition) is 3. The van der Waals surface area contributed by atoms with Crippen molar-refractivity contribution in [1.29, 1.82) is 0 Å². The first-order valence-corrected chi connectivity index (χ1v) is 13.0. The van der Waals surface area contributed by atoms with Crippen LogP contribution in [-0.4, -0.2) is 56.4 Å². The van der Waals surface area contributed by atoms with Gasteiger partial charge in [0.15, 0.2) is 5.60 Å². The van der Waals surface area contributed by atoms with Gasteiger partial charge in [-0.05, 0) is 37.0 Å². The third kappa shape index (κ3) is 9.38. The summed E-state index contributed by atoms with van der Waals surface area (Å²) in [5, 5.41) is 30.3. The number of carbonyl (C=O) groups excluding carboxylic acids is 3. The van der Waals surface area contributed by atoms with Crippen LogP contribution in [0.5, 0.6) is 0 Å². The molecular weight excluding hydrogens is 496 g/mol. The van der Waals surface area contributed by atoms with Crippen LogP contribution < -0.4 is 0 Å². The zero-order valence-electron chi connectivity index (χ0n) is 23.0. The molecule has 0 bridgehead atoms. The molecule has 0 heterocycles. The van der Waals surface area contributed by atoms with Crippen molar-refractivity contribution in [3.63, 3.8) is 0 Å². The van der Waals surface area contributed by atoms with E-state index in [2.05, 4.69) is 32.9 Å². The molecule has 0 aliphatic heterocycles. The van der Waals surface area contributed by atoms with Crippen molar-refractivity contribution in [2.45, 2.75) is 104 Å². The van der Waals surface area contributed by atoms with Crippen LogP contribution in [0.2, 0.25) is 0 Å². The minimum absolute atomic E-state index is 0.0345. The van der Waals surface area contributed by atoms with Gasteiger partial charge in [-0.1, -0.05) is 57.9 Å². The molecule has 0 spiro atoms. The maximum atomic E-state index is 12.5. The van der Waals surface area contributed by atoms with E-state index in [-0.39, 0.29) is 29.5 Å². The van der Waals surface area contributed by atoms with Gasteiger partial charge >= 0.3 is 29.7 Å². The molecule has 0 aromatic carbocycles. The van der Waals surface area contributed by atoms with E-state index in [0.29, 0.717) is 12.8 Å². The Hall–Kier alpha value is -3.01. The Morgan fingerprint density at radius 3 is 2.11 bits per heavy atom. The first-order chi connectivity index (χ1) is 17.6. The van der Waals surface area contributed by atoms with Crippen molar-refractivity contribution in [3.8, 4) is 0 Å². The van der Waals surface area contributed by atoms with E-state index >= 15 is 0 Å². The maximum Gasteiger partial charge on any atom is 0.393 e. The molecule has 1 aliphatic rings. The molecule has 1 fully saturated rings. The average Bonchev–Trinajstić information content (AvgIpc) is 3.12. The van der Waals surface area contributed by atoms with E-state index in [1.165, 1.54) is 6.08 Å². The molecular formula is C28H42O10. The fraction of sp³-hybridized carbons (Fsp3) is 0.679. The summed E-state index contributed by atoms with van der Waals surface area (Å²) in [6, 6.07) is 0. The summed E-state index contributed by atoms with van der Waals surface area (Å²) in [6.45, 7) is 8.26. The molecule has 0 aromatic heterocycles. The Bertz CT molecular complexity index is 916. The van der Waals surface area contributed by atoms with Crippen molar-refractivity contribution in [1.82, 2.24) is 0 Å². The fourth-order valence-corrected chi connectivity index (χ4v) is 4.79. The van der Waals surface area contributed by atoms with Gasteiger partial charge in [0.05, 0.1) is 6.42 Å². The summed E-state index contributed by atoms with van der Waals surface area (Å²) in [6.07, 6.45) is 11.0. The third-order valence-electron chi connectivity index (χ3n) is 6.84. The van der Waals surface area contributed by atoms with Crippen LogP contribution in [-0.2, 0) is 33.4 Å². The molecule has 10 heteroatoms. The predicted molar refractivity (Wildman–Crippen MR) is 138 cm³/mol. The lowest BCUT2D eigenvalue weighted by Gasteiger charge is -2.40. The number of aliphatic carboxylic acids is 2. The highest BCUT2D eigenvalue weighted by atomic mass is 16.8. The number of unbranched alkanes of at least 4 members (excludes halogenated alkanes) is 1. The molecule has 0 radical (unpaired) electrons. The van der Waals surface area contributed by atoms with Crippen LogP contribution in [0.15, 0.2) is 24.3 Å². The van der Waals surface area contributed by atoms with Crippen molar-refractivity contribution in [2.75, 3.05) is 0 Å². The van der Waals surface area contributed by atoms with Gasteiger partial charge in [0.1, 0.15) is 5.78 Å². The molecule has 38 heavy (non-hydrogen) atoms. The van der Waals surface area contributed by atoms with Crippen LogP contribution in [0, 0.1) is 17.3 Å². The molecule has 0 aromatic rings. The molecule has 1 aliphatic carbocycles. The monoisotopic (exact) mass is 538 g/mol. The Labute approximate surface area is 224 Å². The lowest BCUT2D eigenvalue weighted by Crippen LogP contribution is -2.64. The van der Waals surface area contributed by atoms with Crippen molar-refractivity contribution >= 4 is 29.7 Å². The minimum Gasteiger partial charge on any atom is -0.481 e. The maximum absolute atomic E-state index is 12.5. The number of allylic oxidation sites excluding steroid dienone is 3. The van der Waals surface area contributed by atoms with Gasteiger partial charge in [-0.3, -0.25) is 19.2 Å². The minimum atomic E-state index is -3.29. The highest BCUT2D eigenvalue weighted by Crippen LogP contribution is 2.37. The van der Waals surface area contributed by atoms with Gasteiger partial charge in [-0.2, -0.15) is 0 Å². The largest absolute Gasteiger partial charge is 0.481 e. The molecule has 0 saturated heterocycles. The van der Waals surface area contributed by atoms with E-state index in [9.17, 15) is 39.3 Å². The molecule has 1 unspecified atom stereocenters. The third-order valence-corrected chi connectivity index (χ3v) is 6.84. The highest BCUT2D eigenvalue weighted by Gasteiger charge is 2.63. The van der Waals surface area contributed by atoms with Gasteiger partial charge < -0.3 is 24.8 Å². The van der Waals surface area contributed by atoms with Gasteiger partial charge in [-0.15, -0.1) is 0 Å². The van der Waals surface area contributed by atoms with Crippen LogP contribution in [0.4, 0.5) is 0 Å². The van der Waals surface area contributed by atoms with Crippen molar-refractivity contribution < 1.29 is 48.8 Å². The molecule has 0 amide bonds. The zero-order valence-corrected chi connectivity index (χ0v) is 23.0. The molecule has 10 nitrogen and oxygen atoms in total. The number of ketones is 1. The summed E-state index contributed by atoms with van der Waals surface area (Å²) in [4.78, 5) is 59.4. The first kappa shape index (κ1) is 33.0. The van der Waals surface area contributed by atoms with Gasteiger partial charge in [0.25, 0.3) is 0 Å². The normalized spacial score (nSPS) is 20.0. The smallest absolute Gasteiger partial charge is 0.393 e. The first-order valence-electron chi connectivity index (χ1n) is 13.0. The standard InChI is InChI=1S/C28H42O10/c1-6-7-15-26(4,5)16-10-11-21-13-14-23(31)22(21)12-8-9-17-27(36,18-24(32)33)28(25(34)35,37-19(2)29)38-20(3)30/h8-11,21-22,36H,6-7,12-18H2,1-5H3,(H,32,33)(H,34,35)/b9-8-,11-10+/t21-,22+,27?/m0/s1. The molecule has 1 rings (SSSR count). The lowest BCUT2D eigenvalue weighted by atomic mass is 9.83. The number of rotatable bonds is 16. The Morgan fingerprint density at radius 1 is 1.00 bits per heavy atom. The average molecular weight is 539 g/mol. The zero-order chi connectivity index (χ0) is 29.1. The number of hydrogen-bond acceptors (Lipinski definition) is 8. The van der Waals surface area contributed by atoms with Crippen LogP contribution in [0.1, 0.15) is 92.4 Å². The SMILES string of the molecule is CCCCC(C)(C)C/C=C/[C@H]1CCC(=O)[C@@H]1C/C=C\CC(O)(CC(=O)O)C(OC(C)=O)(OC(C)=O)C(=O)O. The fourth-order valence-electron chi connectivity index (χ4n) is 4.79. The number of carbonyl (C=O) groups is 5. The van der Waals surface area contributed by atoms with Gasteiger partial charge in [-0.25, -0.2) is 4.79 Å². The Kier molecular flexibility index (Phi) is 12.4. The topological polar surface area (TPSA) is 164 Å². The predicted octanol–water partition coefficient (Wildman–Crippen LogP) is 4.19. The number of carboxylic acid groups (broad SMARTS) is 2. The molecule has 1 saturated carbocycles. The second-order valence-electron chi connectivity index (χ2n) is 10.8. The summed E-state index contributed by atoms with van der Waals surface area (Å²) < 4.78 is 9.49. The Balaban J connectivity index is 3.09. The number of aliphatic hydroxyl groups is 1. The van der Waals surface area contributed by atoms with E-state index in [1.54, 1.807) is 6.08 Å². The molecule has 3 atom stereocenters. The van der Waals surface area contributed by atoms with E-state index in [4.69, 9.17) is 9.47 Å².